The van der Waals surface area contributed by atoms with E-state index >= 15 is 0 Å². The molecule has 0 radical (unpaired) electrons. The van der Waals surface area contributed by atoms with Crippen molar-refractivity contribution in [2.75, 3.05) is 53.0 Å². The third kappa shape index (κ3) is 5.28. The van der Waals surface area contributed by atoms with E-state index in [0.29, 0.717) is 16.2 Å². The molecule has 27 heavy (non-hydrogen) atoms. The molecule has 0 unspecified atom stereocenters. The van der Waals surface area contributed by atoms with Crippen LogP contribution in [0.1, 0.15) is 79.6 Å². The fraction of sp³-hybridized carbons (Fsp3) is 1.00. The second-order valence-electron chi connectivity index (χ2n) is 11.3. The maximum Gasteiger partial charge on any atom is 0.0504 e. The van der Waals surface area contributed by atoms with Gasteiger partial charge in [0, 0.05) is 26.2 Å². The van der Waals surface area contributed by atoms with Gasteiger partial charge in [-0.05, 0) is 87.2 Å². The van der Waals surface area contributed by atoms with Gasteiger partial charge >= 0.3 is 0 Å². The summed E-state index contributed by atoms with van der Waals surface area (Å²) in [5.41, 5.74) is 2.03. The SMILES string of the molecule is CC.CC(C)CC1(CN2CCC3(CC2)CC(C)(CN2CCN(C)C2)C3)CC1. The molecule has 0 aromatic carbocycles. The summed E-state index contributed by atoms with van der Waals surface area (Å²) in [5.74, 6) is 0.871. The van der Waals surface area contributed by atoms with Crippen LogP contribution in [0.3, 0.4) is 0 Å². The van der Waals surface area contributed by atoms with Crippen LogP contribution in [0.15, 0.2) is 0 Å². The van der Waals surface area contributed by atoms with Crippen molar-refractivity contribution >= 4 is 0 Å². The molecular formula is C24H47N3. The molecule has 3 nitrogen and oxygen atoms in total. The lowest BCUT2D eigenvalue weighted by Gasteiger charge is -2.59. The lowest BCUT2D eigenvalue weighted by atomic mass is 9.50. The van der Waals surface area contributed by atoms with E-state index in [9.17, 15) is 0 Å². The summed E-state index contributed by atoms with van der Waals surface area (Å²) in [6.45, 7) is 20.6. The van der Waals surface area contributed by atoms with Crippen molar-refractivity contribution in [2.45, 2.75) is 79.6 Å². The van der Waals surface area contributed by atoms with Crippen molar-refractivity contribution in [3.05, 3.63) is 0 Å². The molecule has 2 saturated carbocycles. The molecule has 0 aromatic rings. The Kier molecular flexibility index (Phi) is 6.65. The molecule has 0 amide bonds. The second-order valence-corrected chi connectivity index (χ2v) is 11.3. The monoisotopic (exact) mass is 377 g/mol. The molecule has 4 aliphatic rings. The first-order valence-corrected chi connectivity index (χ1v) is 11.9. The van der Waals surface area contributed by atoms with Crippen molar-refractivity contribution in [1.29, 1.82) is 0 Å². The number of hydrogen-bond acceptors (Lipinski definition) is 3. The van der Waals surface area contributed by atoms with Gasteiger partial charge in [-0.2, -0.15) is 0 Å². The van der Waals surface area contributed by atoms with Crippen molar-refractivity contribution < 1.29 is 0 Å². The van der Waals surface area contributed by atoms with Crippen molar-refractivity contribution in [3.8, 4) is 0 Å². The Morgan fingerprint density at radius 1 is 0.815 bits per heavy atom. The summed E-state index contributed by atoms with van der Waals surface area (Å²) < 4.78 is 0. The minimum Gasteiger partial charge on any atom is -0.303 e. The van der Waals surface area contributed by atoms with Crippen molar-refractivity contribution in [1.82, 2.24) is 14.7 Å². The van der Waals surface area contributed by atoms with Gasteiger partial charge in [-0.25, -0.2) is 0 Å². The number of likely N-dealkylation sites (tertiary alicyclic amines) is 1. The third-order valence-corrected chi connectivity index (χ3v) is 7.72. The minimum atomic E-state index is 0.600. The predicted molar refractivity (Wildman–Crippen MR) is 117 cm³/mol. The van der Waals surface area contributed by atoms with Gasteiger partial charge in [0.2, 0.25) is 0 Å². The van der Waals surface area contributed by atoms with E-state index in [1.165, 1.54) is 90.9 Å². The molecule has 2 aliphatic carbocycles. The smallest absolute Gasteiger partial charge is 0.0504 e. The summed E-state index contributed by atoms with van der Waals surface area (Å²) in [4.78, 5) is 7.97. The molecule has 3 heteroatoms. The van der Waals surface area contributed by atoms with E-state index in [1.54, 1.807) is 0 Å². The minimum absolute atomic E-state index is 0.600. The van der Waals surface area contributed by atoms with E-state index in [1.807, 2.05) is 13.8 Å². The van der Waals surface area contributed by atoms with Crippen LogP contribution in [0.25, 0.3) is 0 Å². The van der Waals surface area contributed by atoms with Crippen molar-refractivity contribution in [2.24, 2.45) is 22.2 Å². The summed E-state index contributed by atoms with van der Waals surface area (Å²) in [7, 11) is 2.26. The van der Waals surface area contributed by atoms with Crippen LogP contribution in [0.4, 0.5) is 0 Å². The van der Waals surface area contributed by atoms with E-state index in [4.69, 9.17) is 0 Å². The first-order valence-electron chi connectivity index (χ1n) is 11.9. The average Bonchev–Trinajstić information content (AvgIpc) is 3.21. The Balaban J connectivity index is 0.00000102. The van der Waals surface area contributed by atoms with Crippen LogP contribution in [-0.4, -0.2) is 67.7 Å². The lowest BCUT2D eigenvalue weighted by molar-refractivity contribution is -0.0858. The number of rotatable bonds is 6. The molecule has 0 N–H and O–H groups in total. The average molecular weight is 378 g/mol. The van der Waals surface area contributed by atoms with Crippen LogP contribution < -0.4 is 0 Å². The maximum atomic E-state index is 2.83. The highest BCUT2D eigenvalue weighted by Crippen LogP contribution is 2.60. The zero-order valence-corrected chi connectivity index (χ0v) is 19.3. The van der Waals surface area contributed by atoms with Crippen LogP contribution in [0, 0.1) is 22.2 Å². The summed E-state index contributed by atoms with van der Waals surface area (Å²) in [5, 5.41) is 0. The van der Waals surface area contributed by atoms with Gasteiger partial charge in [-0.1, -0.05) is 34.6 Å². The fourth-order valence-electron chi connectivity index (χ4n) is 6.82. The normalized spacial score (nSPS) is 29.4. The fourth-order valence-corrected chi connectivity index (χ4v) is 6.82. The standard InChI is InChI=1S/C22H41N3.C2H6/c1-19(2)13-21(5-6-21)17-24-9-7-22(8-10-24)14-20(3,15-22)16-25-12-11-23(4)18-25;1-2/h19H,5-18H2,1-4H3;1-2H3. The summed E-state index contributed by atoms with van der Waals surface area (Å²) in [6.07, 6.45) is 10.4. The highest BCUT2D eigenvalue weighted by Gasteiger charge is 2.53. The highest BCUT2D eigenvalue weighted by molar-refractivity contribution is 5.05. The third-order valence-electron chi connectivity index (χ3n) is 7.72. The Bertz CT molecular complexity index is 466. The Hall–Kier alpha value is -0.120. The number of likely N-dealkylation sites (N-methyl/N-ethyl adjacent to an activating group) is 1. The van der Waals surface area contributed by atoms with Gasteiger partial charge in [0.05, 0.1) is 6.67 Å². The maximum absolute atomic E-state index is 2.83. The molecule has 4 fully saturated rings. The Labute approximate surface area is 169 Å². The largest absolute Gasteiger partial charge is 0.303 e. The first kappa shape index (κ1) is 21.6. The zero-order valence-electron chi connectivity index (χ0n) is 19.3. The molecule has 158 valence electrons. The van der Waals surface area contributed by atoms with Crippen LogP contribution in [0.2, 0.25) is 0 Å². The molecule has 2 heterocycles. The molecule has 2 aliphatic heterocycles. The molecule has 1 spiro atoms. The van der Waals surface area contributed by atoms with E-state index in [2.05, 4.69) is 42.5 Å². The zero-order chi connectivity index (χ0) is 19.7. The lowest BCUT2D eigenvalue weighted by Crippen LogP contribution is -2.55. The molecule has 0 aromatic heterocycles. The quantitative estimate of drug-likeness (QED) is 0.650. The topological polar surface area (TPSA) is 9.72 Å². The Morgan fingerprint density at radius 3 is 1.93 bits per heavy atom. The molecule has 4 rings (SSSR count). The first-order chi connectivity index (χ1) is 12.8. The van der Waals surface area contributed by atoms with Crippen LogP contribution >= 0.6 is 0 Å². The molecule has 0 atom stereocenters. The Morgan fingerprint density at radius 2 is 1.44 bits per heavy atom. The van der Waals surface area contributed by atoms with E-state index in [-0.39, 0.29) is 0 Å². The second kappa shape index (κ2) is 8.32. The van der Waals surface area contributed by atoms with Crippen molar-refractivity contribution in [3.63, 3.8) is 0 Å². The van der Waals surface area contributed by atoms with Gasteiger partial charge < -0.3 is 4.90 Å². The number of piperidine rings is 1. The highest BCUT2D eigenvalue weighted by atomic mass is 15.4. The molecule has 0 bridgehead atoms. The van der Waals surface area contributed by atoms with E-state index < -0.39 is 0 Å². The number of nitrogens with zero attached hydrogens (tertiary/aromatic N) is 3. The summed E-state index contributed by atoms with van der Waals surface area (Å²) in [6, 6.07) is 0. The van der Waals surface area contributed by atoms with Gasteiger partial charge in [0.25, 0.3) is 0 Å². The van der Waals surface area contributed by atoms with Crippen LogP contribution in [0.5, 0.6) is 0 Å². The summed E-state index contributed by atoms with van der Waals surface area (Å²) >= 11 is 0. The van der Waals surface area contributed by atoms with Gasteiger partial charge in [0.15, 0.2) is 0 Å². The van der Waals surface area contributed by atoms with E-state index in [0.717, 1.165) is 5.92 Å². The van der Waals surface area contributed by atoms with Gasteiger partial charge in [-0.3, -0.25) is 9.80 Å². The predicted octanol–water partition coefficient (Wildman–Crippen LogP) is 4.93. The number of hydrogen-bond donors (Lipinski definition) is 0. The van der Waals surface area contributed by atoms with Gasteiger partial charge in [0.1, 0.15) is 0 Å². The molecule has 2 saturated heterocycles. The van der Waals surface area contributed by atoms with Gasteiger partial charge in [-0.15, -0.1) is 0 Å². The molecular weight excluding hydrogens is 330 g/mol. The van der Waals surface area contributed by atoms with Crippen LogP contribution in [-0.2, 0) is 0 Å².